The van der Waals surface area contributed by atoms with E-state index < -0.39 is 5.91 Å². The van der Waals surface area contributed by atoms with Crippen LogP contribution in [0.5, 0.6) is 5.75 Å². The molecule has 8 heteroatoms. The molecule has 3 rings (SSSR count). The van der Waals surface area contributed by atoms with Crippen LogP contribution >= 0.6 is 0 Å². The van der Waals surface area contributed by atoms with Gasteiger partial charge < -0.3 is 15.0 Å². The number of likely N-dealkylation sites (tertiary alicyclic amines) is 1. The molecule has 0 aromatic heterocycles. The maximum atomic E-state index is 12.9. The lowest BCUT2D eigenvalue weighted by Gasteiger charge is -2.16. The lowest BCUT2D eigenvalue weighted by molar-refractivity contribution is -0.129. The topological polar surface area (TPSA) is 108 Å². The average molecular weight is 468 g/mol. The van der Waals surface area contributed by atoms with Gasteiger partial charge in [0.25, 0.3) is 0 Å². The van der Waals surface area contributed by atoms with Crippen molar-refractivity contribution in [2.45, 2.75) is 44.9 Å². The van der Waals surface area contributed by atoms with Crippen LogP contribution in [-0.2, 0) is 14.4 Å². The van der Waals surface area contributed by atoms with Gasteiger partial charge in [-0.25, -0.2) is 5.48 Å². The summed E-state index contributed by atoms with van der Waals surface area (Å²) in [5.74, 6) is 0.285. The number of ether oxygens (including phenoxy) is 1. The Labute approximate surface area is 199 Å². The van der Waals surface area contributed by atoms with Crippen LogP contribution in [0, 0.1) is 0 Å². The molecule has 1 fully saturated rings. The van der Waals surface area contributed by atoms with Crippen molar-refractivity contribution in [2.24, 2.45) is 0 Å². The lowest BCUT2D eigenvalue weighted by Crippen LogP contribution is -2.32. The Balaban J connectivity index is 1.56. The number of carbonyl (C=O) groups excluding carboxylic acids is 3. The van der Waals surface area contributed by atoms with Crippen LogP contribution < -0.4 is 15.5 Å². The Morgan fingerprint density at radius 3 is 2.71 bits per heavy atom. The van der Waals surface area contributed by atoms with Gasteiger partial charge in [0.15, 0.2) is 0 Å². The van der Waals surface area contributed by atoms with Gasteiger partial charge in [0, 0.05) is 37.9 Å². The fraction of sp³-hybridized carbons (Fsp3) is 0.423. The molecular formula is C26H33N3O5. The number of carbonyl (C=O) groups is 3. The van der Waals surface area contributed by atoms with Crippen LogP contribution in [0.1, 0.15) is 44.9 Å². The minimum absolute atomic E-state index is 0.127. The number of allylic oxidation sites excluding steroid dienone is 1. The van der Waals surface area contributed by atoms with E-state index in [-0.39, 0.29) is 24.8 Å². The molecule has 1 heterocycles. The summed E-state index contributed by atoms with van der Waals surface area (Å²) in [7, 11) is 0. The molecule has 8 nitrogen and oxygen atoms in total. The molecule has 0 radical (unpaired) electrons. The summed E-state index contributed by atoms with van der Waals surface area (Å²) in [5, 5.41) is 13.6. The molecule has 2 aromatic rings. The standard InChI is InChI=1S/C26H33N3O5/c30-24(28-33)14-3-1-2-10-21(26(32)27-16-8-18-29-17-7-15-25(29)31)19-34-23-13-6-11-20-9-4-5-12-22(20)23/h4-6,9-13,33H,1-3,7-8,14-19H2,(H,27,32)(H,28,30)/b21-10+. The van der Waals surface area contributed by atoms with E-state index in [4.69, 9.17) is 9.94 Å². The van der Waals surface area contributed by atoms with Crippen LogP contribution in [0.4, 0.5) is 0 Å². The second kappa shape index (κ2) is 13.3. The summed E-state index contributed by atoms with van der Waals surface area (Å²) in [4.78, 5) is 37.6. The van der Waals surface area contributed by atoms with Gasteiger partial charge in [0.2, 0.25) is 17.7 Å². The number of benzene rings is 2. The summed E-state index contributed by atoms with van der Waals surface area (Å²) in [5.41, 5.74) is 2.15. The van der Waals surface area contributed by atoms with Crippen molar-refractivity contribution in [3.8, 4) is 5.75 Å². The zero-order valence-corrected chi connectivity index (χ0v) is 19.4. The molecule has 3 N–H and O–H groups in total. The fourth-order valence-corrected chi connectivity index (χ4v) is 3.98. The molecule has 1 aliphatic heterocycles. The van der Waals surface area contributed by atoms with E-state index in [1.54, 1.807) is 5.48 Å². The van der Waals surface area contributed by atoms with Gasteiger partial charge in [0.05, 0.1) is 5.57 Å². The van der Waals surface area contributed by atoms with Crippen LogP contribution in [0.2, 0.25) is 0 Å². The number of nitrogens with zero attached hydrogens (tertiary/aromatic N) is 1. The second-order valence-electron chi connectivity index (χ2n) is 8.37. The monoisotopic (exact) mass is 467 g/mol. The van der Waals surface area contributed by atoms with Crippen molar-refractivity contribution in [2.75, 3.05) is 26.2 Å². The van der Waals surface area contributed by atoms with E-state index in [0.717, 1.165) is 23.7 Å². The third-order valence-corrected chi connectivity index (χ3v) is 5.86. The molecule has 0 saturated carbocycles. The predicted octanol–water partition coefficient (Wildman–Crippen LogP) is 3.34. The smallest absolute Gasteiger partial charge is 0.250 e. The minimum Gasteiger partial charge on any atom is -0.488 e. The van der Waals surface area contributed by atoms with Gasteiger partial charge in [-0.2, -0.15) is 0 Å². The van der Waals surface area contributed by atoms with Crippen LogP contribution in [0.15, 0.2) is 54.1 Å². The van der Waals surface area contributed by atoms with Crippen LogP contribution in [0.25, 0.3) is 10.8 Å². The molecule has 182 valence electrons. The Morgan fingerprint density at radius 2 is 1.91 bits per heavy atom. The van der Waals surface area contributed by atoms with Gasteiger partial charge in [-0.3, -0.25) is 19.6 Å². The van der Waals surface area contributed by atoms with Crippen LogP contribution in [-0.4, -0.2) is 54.1 Å². The third kappa shape index (κ3) is 7.59. The highest BCUT2D eigenvalue weighted by molar-refractivity contribution is 5.94. The van der Waals surface area contributed by atoms with Crippen molar-refractivity contribution in [1.29, 1.82) is 0 Å². The Bertz CT molecular complexity index is 1020. The molecule has 0 spiro atoms. The summed E-state index contributed by atoms with van der Waals surface area (Å²) in [6.45, 7) is 2.05. The van der Waals surface area contributed by atoms with Crippen molar-refractivity contribution in [3.05, 3.63) is 54.1 Å². The summed E-state index contributed by atoms with van der Waals surface area (Å²) < 4.78 is 6.04. The van der Waals surface area contributed by atoms with Crippen LogP contribution in [0.3, 0.4) is 0 Å². The largest absolute Gasteiger partial charge is 0.488 e. The summed E-state index contributed by atoms with van der Waals surface area (Å²) in [6, 6.07) is 13.7. The zero-order chi connectivity index (χ0) is 24.2. The molecule has 0 aliphatic carbocycles. The van der Waals surface area contributed by atoms with Gasteiger partial charge in [-0.1, -0.05) is 42.5 Å². The normalized spacial score (nSPS) is 13.9. The predicted molar refractivity (Wildman–Crippen MR) is 129 cm³/mol. The maximum Gasteiger partial charge on any atom is 0.250 e. The quantitative estimate of drug-likeness (QED) is 0.181. The number of unbranched alkanes of at least 4 members (excludes halogenated alkanes) is 2. The number of hydrogen-bond donors (Lipinski definition) is 3. The highest BCUT2D eigenvalue weighted by atomic mass is 16.5. The van der Waals surface area contributed by atoms with Gasteiger partial charge >= 0.3 is 0 Å². The molecule has 2 aromatic carbocycles. The molecule has 1 saturated heterocycles. The second-order valence-corrected chi connectivity index (χ2v) is 8.37. The number of nitrogens with one attached hydrogen (secondary N) is 2. The number of fused-ring (bicyclic) bond motifs is 1. The van der Waals surface area contributed by atoms with E-state index in [9.17, 15) is 14.4 Å². The number of hydroxylamine groups is 1. The number of hydrogen-bond acceptors (Lipinski definition) is 5. The fourth-order valence-electron chi connectivity index (χ4n) is 3.98. The van der Waals surface area contributed by atoms with Gasteiger partial charge in [-0.15, -0.1) is 0 Å². The molecule has 3 amide bonds. The van der Waals surface area contributed by atoms with Crippen molar-refractivity contribution in [3.63, 3.8) is 0 Å². The van der Waals surface area contributed by atoms with E-state index >= 15 is 0 Å². The van der Waals surface area contributed by atoms with E-state index in [1.165, 1.54) is 0 Å². The minimum atomic E-state index is -0.419. The summed E-state index contributed by atoms with van der Waals surface area (Å²) in [6.07, 6.45) is 6.22. The zero-order valence-electron chi connectivity index (χ0n) is 19.4. The number of amides is 3. The lowest BCUT2D eigenvalue weighted by atomic mass is 10.1. The van der Waals surface area contributed by atoms with E-state index in [0.29, 0.717) is 56.5 Å². The van der Waals surface area contributed by atoms with E-state index in [2.05, 4.69) is 5.32 Å². The third-order valence-electron chi connectivity index (χ3n) is 5.86. The molecule has 1 aliphatic rings. The molecule has 0 unspecified atom stereocenters. The van der Waals surface area contributed by atoms with Gasteiger partial charge in [0.1, 0.15) is 12.4 Å². The Hall–Kier alpha value is -3.39. The number of rotatable bonds is 13. The first kappa shape index (κ1) is 25.2. The average Bonchev–Trinajstić information content (AvgIpc) is 3.27. The molecule has 0 bridgehead atoms. The van der Waals surface area contributed by atoms with E-state index in [1.807, 2.05) is 53.4 Å². The first-order valence-electron chi connectivity index (χ1n) is 11.9. The molecule has 0 atom stereocenters. The summed E-state index contributed by atoms with van der Waals surface area (Å²) >= 11 is 0. The SMILES string of the molecule is O=C(CCCC/C=C(\COc1cccc2ccccc12)C(=O)NCCCN1CCCC1=O)NO. The van der Waals surface area contributed by atoms with Crippen molar-refractivity contribution < 1.29 is 24.3 Å². The highest BCUT2D eigenvalue weighted by Crippen LogP contribution is 2.25. The maximum absolute atomic E-state index is 12.9. The first-order valence-corrected chi connectivity index (χ1v) is 11.9. The molecule has 34 heavy (non-hydrogen) atoms. The first-order chi connectivity index (χ1) is 16.6. The van der Waals surface area contributed by atoms with Gasteiger partial charge in [-0.05, 0) is 43.6 Å². The van der Waals surface area contributed by atoms with Crippen molar-refractivity contribution >= 4 is 28.5 Å². The highest BCUT2D eigenvalue weighted by Gasteiger charge is 2.19. The van der Waals surface area contributed by atoms with Crippen molar-refractivity contribution in [1.82, 2.24) is 15.7 Å². The Kier molecular flexibility index (Phi) is 9.91. The molecular weight excluding hydrogens is 434 g/mol. The Morgan fingerprint density at radius 1 is 1.09 bits per heavy atom.